The summed E-state index contributed by atoms with van der Waals surface area (Å²) in [7, 11) is -3.71. The van der Waals surface area contributed by atoms with Gasteiger partial charge in [0.2, 0.25) is 10.0 Å². The zero-order valence-corrected chi connectivity index (χ0v) is 15.3. The summed E-state index contributed by atoms with van der Waals surface area (Å²) in [6.45, 7) is 3.51. The maximum atomic E-state index is 13.8. The number of nitrogens with one attached hydrogen (secondary N) is 2. The third kappa shape index (κ3) is 4.05. The van der Waals surface area contributed by atoms with Gasteiger partial charge in [-0.1, -0.05) is 6.08 Å². The van der Waals surface area contributed by atoms with Gasteiger partial charge in [0.15, 0.2) is 5.82 Å². The molecule has 2 aromatic carbocycles. The lowest BCUT2D eigenvalue weighted by Crippen LogP contribution is -2.23. The first kappa shape index (κ1) is 19.6. The molecule has 28 heavy (non-hydrogen) atoms. The Kier molecular flexibility index (Phi) is 5.48. The largest absolute Gasteiger partial charge is 0.321 e. The number of pyridine rings is 1. The summed E-state index contributed by atoms with van der Waals surface area (Å²) in [6.07, 6.45) is 2.70. The fourth-order valence-corrected chi connectivity index (χ4v) is 3.52. The summed E-state index contributed by atoms with van der Waals surface area (Å²) in [5, 5.41) is 2.67. The van der Waals surface area contributed by atoms with E-state index >= 15 is 0 Å². The second-order valence-corrected chi connectivity index (χ2v) is 7.53. The van der Waals surface area contributed by atoms with Crippen LogP contribution >= 0.6 is 0 Å². The van der Waals surface area contributed by atoms with E-state index in [1.165, 1.54) is 42.6 Å². The number of hydrogen-bond acceptors (Lipinski definition) is 4. The Bertz CT molecular complexity index is 1160. The van der Waals surface area contributed by atoms with Crippen molar-refractivity contribution in [3.05, 3.63) is 78.5 Å². The first-order valence-electron chi connectivity index (χ1n) is 8.07. The minimum absolute atomic E-state index is 0.00981. The van der Waals surface area contributed by atoms with Crippen LogP contribution in [0.2, 0.25) is 0 Å². The lowest BCUT2D eigenvalue weighted by atomic mass is 10.1. The number of benzene rings is 2. The van der Waals surface area contributed by atoms with Crippen molar-refractivity contribution in [2.24, 2.45) is 0 Å². The molecule has 1 aromatic heterocycles. The van der Waals surface area contributed by atoms with Gasteiger partial charge in [-0.3, -0.25) is 9.78 Å². The molecule has 0 spiro atoms. The summed E-state index contributed by atoms with van der Waals surface area (Å²) in [5.41, 5.74) is 0.274. The van der Waals surface area contributed by atoms with Crippen molar-refractivity contribution in [2.75, 3.05) is 11.9 Å². The van der Waals surface area contributed by atoms with Crippen LogP contribution in [0.3, 0.4) is 0 Å². The molecule has 0 aliphatic heterocycles. The predicted octanol–water partition coefficient (Wildman–Crippen LogP) is 3.23. The number of hydrogen-bond donors (Lipinski definition) is 2. The number of amides is 1. The third-order valence-electron chi connectivity index (χ3n) is 3.86. The van der Waals surface area contributed by atoms with Crippen molar-refractivity contribution >= 4 is 32.5 Å². The van der Waals surface area contributed by atoms with E-state index in [4.69, 9.17) is 0 Å². The second-order valence-electron chi connectivity index (χ2n) is 5.76. The van der Waals surface area contributed by atoms with E-state index in [9.17, 15) is 22.0 Å². The van der Waals surface area contributed by atoms with E-state index in [2.05, 4.69) is 21.6 Å². The highest BCUT2D eigenvalue weighted by molar-refractivity contribution is 7.89. The molecule has 0 fully saturated rings. The molecule has 3 aromatic rings. The quantitative estimate of drug-likeness (QED) is 0.619. The zero-order chi connectivity index (χ0) is 20.3. The average molecular weight is 403 g/mol. The SMILES string of the molecule is C=CCNS(=O)(=O)c1ccc(C(=O)Nc2ccnc3c(F)cc(F)cc23)cc1. The molecule has 3 rings (SSSR count). The molecule has 0 unspecified atom stereocenters. The van der Waals surface area contributed by atoms with Crippen LogP contribution in [0.5, 0.6) is 0 Å². The van der Waals surface area contributed by atoms with Gasteiger partial charge in [-0.05, 0) is 36.4 Å². The van der Waals surface area contributed by atoms with Crippen LogP contribution in [0.1, 0.15) is 10.4 Å². The number of fused-ring (bicyclic) bond motifs is 1. The van der Waals surface area contributed by atoms with Gasteiger partial charge in [-0.25, -0.2) is 21.9 Å². The Hall–Kier alpha value is -3.17. The van der Waals surface area contributed by atoms with Gasteiger partial charge in [0, 0.05) is 29.8 Å². The summed E-state index contributed by atoms with van der Waals surface area (Å²) in [4.78, 5) is 16.3. The lowest BCUT2D eigenvalue weighted by molar-refractivity contribution is 0.102. The molecule has 0 radical (unpaired) electrons. The molecule has 2 N–H and O–H groups in total. The number of anilines is 1. The van der Waals surface area contributed by atoms with Crippen molar-refractivity contribution < 1.29 is 22.0 Å². The van der Waals surface area contributed by atoms with E-state index in [0.29, 0.717) is 6.07 Å². The van der Waals surface area contributed by atoms with Crippen LogP contribution in [-0.4, -0.2) is 25.9 Å². The first-order chi connectivity index (χ1) is 13.3. The standard InChI is InChI=1S/C19H15F2N3O3S/c1-2-8-23-28(26,27)14-5-3-12(4-6-14)19(25)24-17-7-9-22-18-15(17)10-13(20)11-16(18)21/h2-7,9-11,23H,1,8H2,(H,22,24,25). The van der Waals surface area contributed by atoms with E-state index in [1.54, 1.807) is 0 Å². The summed E-state index contributed by atoms with van der Waals surface area (Å²) < 4.78 is 53.8. The van der Waals surface area contributed by atoms with Crippen molar-refractivity contribution in [3.8, 4) is 0 Å². The molecule has 0 bridgehead atoms. The van der Waals surface area contributed by atoms with Gasteiger partial charge in [-0.15, -0.1) is 6.58 Å². The maximum Gasteiger partial charge on any atom is 0.255 e. The highest BCUT2D eigenvalue weighted by Crippen LogP contribution is 2.25. The van der Waals surface area contributed by atoms with Crippen LogP contribution in [0.4, 0.5) is 14.5 Å². The fourth-order valence-electron chi connectivity index (χ4n) is 2.52. The fraction of sp³-hybridized carbons (Fsp3) is 0.0526. The molecule has 1 amide bonds. The predicted molar refractivity (Wildman–Crippen MR) is 101 cm³/mol. The van der Waals surface area contributed by atoms with Crippen LogP contribution in [0.25, 0.3) is 10.9 Å². The number of rotatable bonds is 6. The smallest absolute Gasteiger partial charge is 0.255 e. The summed E-state index contributed by atoms with van der Waals surface area (Å²) in [6, 6.07) is 8.43. The van der Waals surface area contributed by atoms with Crippen molar-refractivity contribution in [1.29, 1.82) is 0 Å². The van der Waals surface area contributed by atoms with Crippen LogP contribution in [-0.2, 0) is 10.0 Å². The lowest BCUT2D eigenvalue weighted by Gasteiger charge is -2.10. The molecular formula is C19H15F2N3O3S. The number of aromatic nitrogens is 1. The first-order valence-corrected chi connectivity index (χ1v) is 9.56. The molecule has 6 nitrogen and oxygen atoms in total. The molecule has 1 heterocycles. The van der Waals surface area contributed by atoms with Crippen LogP contribution < -0.4 is 10.0 Å². The molecule has 0 aliphatic carbocycles. The zero-order valence-electron chi connectivity index (χ0n) is 14.4. The topological polar surface area (TPSA) is 88.2 Å². The minimum atomic E-state index is -3.71. The Morgan fingerprint density at radius 2 is 1.86 bits per heavy atom. The Morgan fingerprint density at radius 3 is 2.54 bits per heavy atom. The number of carbonyl (C=O) groups excluding carboxylic acids is 1. The normalized spacial score (nSPS) is 11.4. The highest BCUT2D eigenvalue weighted by atomic mass is 32.2. The molecule has 0 saturated carbocycles. The number of nitrogens with zero attached hydrogens (tertiary/aromatic N) is 1. The summed E-state index contributed by atoms with van der Waals surface area (Å²) >= 11 is 0. The molecule has 9 heteroatoms. The van der Waals surface area contributed by atoms with Crippen molar-refractivity contribution in [1.82, 2.24) is 9.71 Å². The highest BCUT2D eigenvalue weighted by Gasteiger charge is 2.15. The van der Waals surface area contributed by atoms with Gasteiger partial charge >= 0.3 is 0 Å². The molecule has 0 saturated heterocycles. The van der Waals surface area contributed by atoms with Gasteiger partial charge in [0.25, 0.3) is 5.91 Å². The van der Waals surface area contributed by atoms with Gasteiger partial charge in [0.1, 0.15) is 11.3 Å². The number of carbonyl (C=O) groups is 1. The van der Waals surface area contributed by atoms with E-state index < -0.39 is 27.6 Å². The maximum absolute atomic E-state index is 13.8. The Labute approximate surface area is 160 Å². The number of halogens is 2. The van der Waals surface area contributed by atoms with E-state index in [0.717, 1.165) is 6.07 Å². The molecule has 144 valence electrons. The van der Waals surface area contributed by atoms with Crippen molar-refractivity contribution in [2.45, 2.75) is 4.90 Å². The Balaban J connectivity index is 1.86. The Morgan fingerprint density at radius 1 is 1.14 bits per heavy atom. The van der Waals surface area contributed by atoms with E-state index in [-0.39, 0.29) is 33.6 Å². The third-order valence-corrected chi connectivity index (χ3v) is 5.30. The minimum Gasteiger partial charge on any atom is -0.321 e. The van der Waals surface area contributed by atoms with Gasteiger partial charge in [-0.2, -0.15) is 0 Å². The van der Waals surface area contributed by atoms with Crippen molar-refractivity contribution in [3.63, 3.8) is 0 Å². The molecule has 0 atom stereocenters. The summed E-state index contributed by atoms with van der Waals surface area (Å²) in [5.74, 6) is -2.21. The van der Waals surface area contributed by atoms with Crippen LogP contribution in [0, 0.1) is 11.6 Å². The second kappa shape index (κ2) is 7.83. The van der Waals surface area contributed by atoms with Crippen LogP contribution in [0.15, 0.2) is 66.2 Å². The average Bonchev–Trinajstić information content (AvgIpc) is 2.67. The molecule has 0 aliphatic rings. The molecular weight excluding hydrogens is 388 g/mol. The van der Waals surface area contributed by atoms with Gasteiger partial charge < -0.3 is 5.32 Å². The monoisotopic (exact) mass is 403 g/mol. The van der Waals surface area contributed by atoms with E-state index in [1.807, 2.05) is 0 Å². The van der Waals surface area contributed by atoms with Gasteiger partial charge in [0.05, 0.1) is 10.6 Å². The number of sulfonamides is 1.